The summed E-state index contributed by atoms with van der Waals surface area (Å²) in [6, 6.07) is 0. The molecule has 0 bridgehead atoms. The lowest BCUT2D eigenvalue weighted by Crippen LogP contribution is -2.29. The van der Waals surface area contributed by atoms with Crippen LogP contribution in [0.2, 0.25) is 0 Å². The van der Waals surface area contributed by atoms with Gasteiger partial charge < -0.3 is 24.6 Å². The molecule has 0 saturated heterocycles. The second-order valence-corrected chi connectivity index (χ2v) is 21.1. The van der Waals surface area contributed by atoms with Gasteiger partial charge in [-0.3, -0.25) is 18.6 Å². The van der Waals surface area contributed by atoms with E-state index < -0.39 is 51.8 Å². The van der Waals surface area contributed by atoms with E-state index >= 15 is 0 Å². The zero-order chi connectivity index (χ0) is 51.1. The summed E-state index contributed by atoms with van der Waals surface area (Å²) < 4.78 is 33.0. The van der Waals surface area contributed by atoms with Crippen LogP contribution in [0.4, 0.5) is 0 Å². The molecule has 0 aromatic heterocycles. The Morgan fingerprint density at radius 2 is 0.786 bits per heavy atom. The van der Waals surface area contributed by atoms with Crippen LogP contribution in [0.5, 0.6) is 0 Å². The molecule has 3 N–H and O–H groups in total. The fourth-order valence-corrected chi connectivity index (χ4v) is 9.13. The van der Waals surface area contributed by atoms with Crippen LogP contribution in [0.15, 0.2) is 48.6 Å². The maximum absolute atomic E-state index is 12.7. The number of allylic oxidation sites excluding steroid dienone is 8. The molecule has 0 aliphatic rings. The van der Waals surface area contributed by atoms with Gasteiger partial charge in [0.25, 0.3) is 0 Å². The average Bonchev–Trinajstić information content (AvgIpc) is 3.35. The van der Waals surface area contributed by atoms with E-state index in [-0.39, 0.29) is 19.4 Å². The topological polar surface area (TPSA) is 149 Å². The first kappa shape index (κ1) is 67.9. The largest absolute Gasteiger partial charge is 0.472 e. The molecule has 0 aliphatic carbocycles. The summed E-state index contributed by atoms with van der Waals surface area (Å²) in [5.41, 5.74) is 0. The summed E-state index contributed by atoms with van der Waals surface area (Å²) in [6.45, 7) is 2.33. The highest BCUT2D eigenvalue weighted by Gasteiger charge is 2.27. The van der Waals surface area contributed by atoms with E-state index in [9.17, 15) is 24.2 Å². The predicted octanol–water partition coefficient (Wildman–Crippen LogP) is 17.2. The molecule has 11 heteroatoms. The number of phosphoric acid groups is 1. The Morgan fingerprint density at radius 1 is 0.443 bits per heavy atom. The number of aliphatic hydroxyl groups excluding tert-OH is 2. The number of rotatable bonds is 55. The van der Waals surface area contributed by atoms with Gasteiger partial charge in [0.1, 0.15) is 12.7 Å². The van der Waals surface area contributed by atoms with E-state index in [0.29, 0.717) is 12.8 Å². The van der Waals surface area contributed by atoms with Gasteiger partial charge >= 0.3 is 19.8 Å². The van der Waals surface area contributed by atoms with E-state index in [1.165, 1.54) is 167 Å². The Kier molecular flexibility index (Phi) is 53.1. The van der Waals surface area contributed by atoms with Gasteiger partial charge in [-0.1, -0.05) is 262 Å². The van der Waals surface area contributed by atoms with Gasteiger partial charge in [0.15, 0.2) is 6.10 Å². The highest BCUT2D eigenvalue weighted by atomic mass is 31.2. The lowest BCUT2D eigenvalue weighted by molar-refractivity contribution is -0.161. The Labute approximate surface area is 430 Å². The molecule has 0 heterocycles. The smallest absolute Gasteiger partial charge is 0.462 e. The molecule has 410 valence electrons. The number of carbonyl (C=O) groups excluding carboxylic acids is 2. The number of unbranched alkanes of at least 4 members (excludes halogenated alkanes) is 33. The molecule has 0 fully saturated rings. The molecule has 0 amide bonds. The normalized spacial score (nSPS) is 13.8. The van der Waals surface area contributed by atoms with Crippen LogP contribution in [0.25, 0.3) is 0 Å². The van der Waals surface area contributed by atoms with E-state index in [1.807, 2.05) is 0 Å². The van der Waals surface area contributed by atoms with Crippen LogP contribution in [-0.2, 0) is 32.7 Å². The molecular weight excluding hydrogens is 900 g/mol. The van der Waals surface area contributed by atoms with Crippen molar-refractivity contribution >= 4 is 19.8 Å². The van der Waals surface area contributed by atoms with Crippen molar-refractivity contribution < 1.29 is 47.8 Å². The van der Waals surface area contributed by atoms with Crippen LogP contribution in [0, 0.1) is 0 Å². The number of esters is 2. The van der Waals surface area contributed by atoms with Crippen LogP contribution < -0.4 is 0 Å². The fourth-order valence-electron chi connectivity index (χ4n) is 8.34. The number of carbonyl (C=O) groups is 2. The lowest BCUT2D eigenvalue weighted by atomic mass is 10.0. The van der Waals surface area contributed by atoms with Crippen molar-refractivity contribution in [3.63, 3.8) is 0 Å². The standard InChI is InChI=1S/C59H109O10P/c1-3-5-7-9-11-13-15-17-19-21-23-25-27-29-30-32-34-36-38-40-42-44-46-48-50-58(62)66-54-57(55-68-70(64,65)67-53-56(61)52-60)69-59(63)51-49-47-45-43-41-39-37-35-33-31-28-26-24-22-20-18-16-14-12-10-8-6-4-2/h6,8,12,14,18,20,24,26,56-57,60-61H,3-5,7,9-11,13,15-17,19,21-23,25,27-55H2,1-2H3,(H,64,65)/b8-6-,14-12-,20-18-,26-24-. The van der Waals surface area contributed by atoms with Crippen molar-refractivity contribution in [2.45, 2.75) is 289 Å². The summed E-state index contributed by atoms with van der Waals surface area (Å²) in [7, 11) is -4.63. The monoisotopic (exact) mass is 1010 g/mol. The second kappa shape index (κ2) is 54.7. The number of hydrogen-bond donors (Lipinski definition) is 3. The molecule has 0 rings (SSSR count). The van der Waals surface area contributed by atoms with Crippen LogP contribution >= 0.6 is 7.82 Å². The molecule has 0 saturated carbocycles. The minimum Gasteiger partial charge on any atom is -0.462 e. The van der Waals surface area contributed by atoms with Crippen LogP contribution in [0.3, 0.4) is 0 Å². The van der Waals surface area contributed by atoms with Crippen molar-refractivity contribution in [2.24, 2.45) is 0 Å². The van der Waals surface area contributed by atoms with Crippen molar-refractivity contribution in [2.75, 3.05) is 26.4 Å². The number of ether oxygens (including phenoxy) is 2. The van der Waals surface area contributed by atoms with Crippen molar-refractivity contribution in [3.05, 3.63) is 48.6 Å². The first-order chi connectivity index (χ1) is 34.2. The van der Waals surface area contributed by atoms with E-state index in [1.54, 1.807) is 0 Å². The zero-order valence-corrected chi connectivity index (χ0v) is 46.1. The zero-order valence-electron chi connectivity index (χ0n) is 45.2. The maximum atomic E-state index is 12.7. The summed E-state index contributed by atoms with van der Waals surface area (Å²) in [4.78, 5) is 35.3. The predicted molar refractivity (Wildman–Crippen MR) is 293 cm³/mol. The Bertz CT molecular complexity index is 1300. The number of hydrogen-bond acceptors (Lipinski definition) is 9. The third-order valence-electron chi connectivity index (χ3n) is 12.7. The molecule has 3 unspecified atom stereocenters. The highest BCUT2D eigenvalue weighted by Crippen LogP contribution is 2.43. The summed E-state index contributed by atoms with van der Waals surface area (Å²) in [5, 5.41) is 18.5. The lowest BCUT2D eigenvalue weighted by Gasteiger charge is -2.20. The van der Waals surface area contributed by atoms with Gasteiger partial charge in [-0.05, 0) is 51.4 Å². The van der Waals surface area contributed by atoms with E-state index in [0.717, 1.165) is 70.6 Å². The molecule has 0 aliphatic heterocycles. The third kappa shape index (κ3) is 53.7. The molecule has 0 aromatic rings. The second-order valence-electron chi connectivity index (χ2n) is 19.6. The fraction of sp³-hybridized carbons (Fsp3) is 0.831. The Morgan fingerprint density at radius 3 is 1.19 bits per heavy atom. The summed E-state index contributed by atoms with van der Waals surface area (Å²) in [5.74, 6) is -0.916. The van der Waals surface area contributed by atoms with Crippen molar-refractivity contribution in [1.82, 2.24) is 0 Å². The Hall–Kier alpha value is -2.07. The quantitative estimate of drug-likeness (QED) is 0.0233. The summed E-state index contributed by atoms with van der Waals surface area (Å²) in [6.07, 6.45) is 63.8. The molecule has 0 radical (unpaired) electrons. The molecule has 10 nitrogen and oxygen atoms in total. The molecule has 0 spiro atoms. The van der Waals surface area contributed by atoms with E-state index in [4.69, 9.17) is 23.6 Å². The minimum absolute atomic E-state index is 0.180. The van der Waals surface area contributed by atoms with Gasteiger partial charge in [-0.25, -0.2) is 4.57 Å². The number of phosphoric ester groups is 1. The van der Waals surface area contributed by atoms with E-state index in [2.05, 4.69) is 62.5 Å². The third-order valence-corrected chi connectivity index (χ3v) is 13.7. The van der Waals surface area contributed by atoms with Crippen LogP contribution in [0.1, 0.15) is 277 Å². The minimum atomic E-state index is -4.63. The van der Waals surface area contributed by atoms with Gasteiger partial charge in [0.2, 0.25) is 0 Å². The number of aliphatic hydroxyl groups is 2. The Balaban J connectivity index is 4.08. The van der Waals surface area contributed by atoms with Gasteiger partial charge in [-0.15, -0.1) is 0 Å². The first-order valence-corrected chi connectivity index (χ1v) is 30.6. The van der Waals surface area contributed by atoms with Gasteiger partial charge in [0.05, 0.1) is 19.8 Å². The summed E-state index contributed by atoms with van der Waals surface area (Å²) >= 11 is 0. The van der Waals surface area contributed by atoms with Crippen molar-refractivity contribution in [1.29, 1.82) is 0 Å². The van der Waals surface area contributed by atoms with Gasteiger partial charge in [-0.2, -0.15) is 0 Å². The first-order valence-electron chi connectivity index (χ1n) is 29.1. The molecule has 0 aromatic carbocycles. The average molecular weight is 1010 g/mol. The van der Waals surface area contributed by atoms with Crippen LogP contribution in [-0.4, -0.2) is 65.7 Å². The molecule has 3 atom stereocenters. The van der Waals surface area contributed by atoms with Gasteiger partial charge in [0, 0.05) is 12.8 Å². The SMILES string of the molecule is CC/C=C\C/C=C\C/C=C\C/C=C\CCCCCCCCCCCCC(=O)OC(COC(=O)CCCCCCCCCCCCCCCCCCCCCCCCCC)COP(=O)(O)OCC(O)CO. The molecule has 70 heavy (non-hydrogen) atoms. The maximum Gasteiger partial charge on any atom is 0.472 e. The highest BCUT2D eigenvalue weighted by molar-refractivity contribution is 7.47. The molecular formula is C59H109O10P. The van der Waals surface area contributed by atoms with Crippen molar-refractivity contribution in [3.8, 4) is 0 Å².